The van der Waals surface area contributed by atoms with Crippen molar-refractivity contribution in [2.24, 2.45) is 5.41 Å². The lowest BCUT2D eigenvalue weighted by atomic mass is 9.90. The van der Waals surface area contributed by atoms with Gasteiger partial charge in [-0.25, -0.2) is 0 Å². The predicted molar refractivity (Wildman–Crippen MR) is 45.7 cm³/mol. The summed E-state index contributed by atoms with van der Waals surface area (Å²) in [5.41, 5.74) is -0.0305. The Bertz CT molecular complexity index is 177. The van der Waals surface area contributed by atoms with E-state index in [1.54, 1.807) is 0 Å². The molecule has 0 heterocycles. The Labute approximate surface area is 73.1 Å². The monoisotopic (exact) mass is 172 g/mol. The van der Waals surface area contributed by atoms with Crippen LogP contribution >= 0.6 is 0 Å². The highest BCUT2D eigenvalue weighted by molar-refractivity contribution is 5.82. The van der Waals surface area contributed by atoms with Gasteiger partial charge in [0.05, 0.1) is 0 Å². The second-order valence-electron chi connectivity index (χ2n) is 4.06. The Balaban J connectivity index is 3.68. The first-order valence-electron chi connectivity index (χ1n) is 3.96. The summed E-state index contributed by atoms with van der Waals surface area (Å²) in [5, 5.41) is 0. The Hall–Kier alpha value is -0.860. The molecule has 0 fully saturated rings. The molecule has 3 heteroatoms. The summed E-state index contributed by atoms with van der Waals surface area (Å²) in [6.45, 7) is 7.12. The van der Waals surface area contributed by atoms with Gasteiger partial charge in [0.2, 0.25) is 0 Å². The van der Waals surface area contributed by atoms with Crippen molar-refractivity contribution >= 4 is 11.8 Å². The van der Waals surface area contributed by atoms with Crippen LogP contribution < -0.4 is 0 Å². The number of carbonyl (C=O) groups is 2. The summed E-state index contributed by atoms with van der Waals surface area (Å²) >= 11 is 0. The third-order valence-corrected chi connectivity index (χ3v) is 1.16. The maximum Gasteiger partial charge on any atom is 0.303 e. The first-order chi connectivity index (χ1) is 5.31. The number of ether oxygens (including phenoxy) is 1. The molecule has 0 rings (SSSR count). The van der Waals surface area contributed by atoms with E-state index in [0.717, 1.165) is 0 Å². The highest BCUT2D eigenvalue weighted by Gasteiger charge is 2.16. The predicted octanol–water partition coefficient (Wildman–Crippen LogP) is 1.55. The molecule has 0 saturated carbocycles. The molecular formula is C9H16O3. The summed E-state index contributed by atoms with van der Waals surface area (Å²) in [6, 6.07) is 0. The van der Waals surface area contributed by atoms with Gasteiger partial charge in [0.1, 0.15) is 6.61 Å². The Kier molecular flexibility index (Phi) is 3.93. The number of hydrogen-bond acceptors (Lipinski definition) is 3. The molecule has 0 aliphatic heterocycles. The van der Waals surface area contributed by atoms with Crippen molar-refractivity contribution in [3.8, 4) is 0 Å². The molecule has 0 atom stereocenters. The van der Waals surface area contributed by atoms with Crippen LogP contribution in [0.15, 0.2) is 0 Å². The highest BCUT2D eigenvalue weighted by Crippen LogP contribution is 2.18. The minimum atomic E-state index is -0.405. The van der Waals surface area contributed by atoms with Crippen LogP contribution in [-0.4, -0.2) is 18.4 Å². The smallest absolute Gasteiger partial charge is 0.303 e. The summed E-state index contributed by atoms with van der Waals surface area (Å²) in [6.07, 6.45) is 0.445. The molecule has 0 spiro atoms. The summed E-state index contributed by atoms with van der Waals surface area (Å²) in [4.78, 5) is 21.4. The van der Waals surface area contributed by atoms with Crippen molar-refractivity contribution in [1.29, 1.82) is 0 Å². The molecule has 0 aliphatic rings. The molecule has 0 aromatic rings. The van der Waals surface area contributed by atoms with Crippen LogP contribution in [0.2, 0.25) is 0 Å². The fourth-order valence-electron chi connectivity index (χ4n) is 0.825. The van der Waals surface area contributed by atoms with Crippen molar-refractivity contribution in [2.45, 2.75) is 34.1 Å². The van der Waals surface area contributed by atoms with E-state index in [0.29, 0.717) is 6.42 Å². The standard InChI is InChI=1S/C9H16O3/c1-7(10)12-6-8(11)5-9(2,3)4/h5-6H2,1-4H3. The molecule has 0 unspecified atom stereocenters. The van der Waals surface area contributed by atoms with Gasteiger partial charge in [-0.15, -0.1) is 0 Å². The summed E-state index contributed by atoms with van der Waals surface area (Å²) in [7, 11) is 0. The Morgan fingerprint density at radius 3 is 2.08 bits per heavy atom. The zero-order valence-corrected chi connectivity index (χ0v) is 8.14. The van der Waals surface area contributed by atoms with Crippen LogP contribution in [0.4, 0.5) is 0 Å². The maximum atomic E-state index is 11.1. The van der Waals surface area contributed by atoms with Gasteiger partial charge in [-0.2, -0.15) is 0 Å². The van der Waals surface area contributed by atoms with E-state index in [1.807, 2.05) is 20.8 Å². The van der Waals surface area contributed by atoms with E-state index >= 15 is 0 Å². The van der Waals surface area contributed by atoms with Crippen LogP contribution in [0.5, 0.6) is 0 Å². The largest absolute Gasteiger partial charge is 0.458 e. The molecule has 12 heavy (non-hydrogen) atoms. The van der Waals surface area contributed by atoms with Crippen LogP contribution in [0.3, 0.4) is 0 Å². The van der Waals surface area contributed by atoms with Gasteiger partial charge >= 0.3 is 5.97 Å². The molecule has 0 N–H and O–H groups in total. The normalized spacial score (nSPS) is 11.0. The van der Waals surface area contributed by atoms with Crippen LogP contribution in [0.1, 0.15) is 34.1 Å². The van der Waals surface area contributed by atoms with Crippen LogP contribution in [-0.2, 0) is 14.3 Å². The highest BCUT2D eigenvalue weighted by atomic mass is 16.5. The van der Waals surface area contributed by atoms with Crippen molar-refractivity contribution in [3.05, 3.63) is 0 Å². The van der Waals surface area contributed by atoms with Crippen LogP contribution in [0, 0.1) is 5.41 Å². The second-order valence-corrected chi connectivity index (χ2v) is 4.06. The van der Waals surface area contributed by atoms with Crippen molar-refractivity contribution in [1.82, 2.24) is 0 Å². The molecule has 0 radical (unpaired) electrons. The quantitative estimate of drug-likeness (QED) is 0.607. The Morgan fingerprint density at radius 1 is 1.25 bits per heavy atom. The third-order valence-electron chi connectivity index (χ3n) is 1.16. The van der Waals surface area contributed by atoms with Gasteiger partial charge in [0.15, 0.2) is 5.78 Å². The number of ketones is 1. The van der Waals surface area contributed by atoms with Gasteiger partial charge in [-0.1, -0.05) is 20.8 Å². The van der Waals surface area contributed by atoms with E-state index in [1.165, 1.54) is 6.92 Å². The van der Waals surface area contributed by atoms with Crippen LogP contribution in [0.25, 0.3) is 0 Å². The number of Topliss-reactive ketones (excluding diaryl/α,β-unsaturated/α-hetero) is 1. The van der Waals surface area contributed by atoms with E-state index < -0.39 is 5.97 Å². The molecule has 0 saturated heterocycles. The lowest BCUT2D eigenvalue weighted by molar-refractivity contribution is -0.146. The minimum absolute atomic E-state index is 0.0299. The van der Waals surface area contributed by atoms with E-state index in [9.17, 15) is 9.59 Å². The van der Waals surface area contributed by atoms with Gasteiger partial charge in [-0.05, 0) is 5.41 Å². The number of hydrogen-bond donors (Lipinski definition) is 0. The molecular weight excluding hydrogens is 156 g/mol. The molecule has 0 aliphatic carbocycles. The summed E-state index contributed by atoms with van der Waals surface area (Å²) in [5.74, 6) is -0.435. The second kappa shape index (κ2) is 4.24. The lowest BCUT2D eigenvalue weighted by Gasteiger charge is -2.16. The first kappa shape index (κ1) is 11.1. The van der Waals surface area contributed by atoms with Gasteiger partial charge in [0.25, 0.3) is 0 Å². The average Bonchev–Trinajstić information content (AvgIpc) is 1.79. The maximum absolute atomic E-state index is 11.1. The van der Waals surface area contributed by atoms with E-state index in [4.69, 9.17) is 0 Å². The first-order valence-corrected chi connectivity index (χ1v) is 3.96. The third kappa shape index (κ3) is 7.25. The van der Waals surface area contributed by atoms with E-state index in [-0.39, 0.29) is 17.8 Å². The molecule has 0 aromatic heterocycles. The average molecular weight is 172 g/mol. The van der Waals surface area contributed by atoms with Gasteiger partial charge in [0, 0.05) is 13.3 Å². The minimum Gasteiger partial charge on any atom is -0.458 e. The molecule has 3 nitrogen and oxygen atoms in total. The molecule has 0 amide bonds. The van der Waals surface area contributed by atoms with Gasteiger partial charge < -0.3 is 4.74 Å². The lowest BCUT2D eigenvalue weighted by Crippen LogP contribution is -2.18. The number of carbonyl (C=O) groups excluding carboxylic acids is 2. The summed E-state index contributed by atoms with van der Waals surface area (Å²) < 4.78 is 4.56. The zero-order chi connectivity index (χ0) is 9.78. The molecule has 0 aromatic carbocycles. The number of esters is 1. The molecule has 70 valence electrons. The van der Waals surface area contributed by atoms with Crippen molar-refractivity contribution in [3.63, 3.8) is 0 Å². The molecule has 0 bridgehead atoms. The van der Waals surface area contributed by atoms with Crippen molar-refractivity contribution in [2.75, 3.05) is 6.61 Å². The fraction of sp³-hybridized carbons (Fsp3) is 0.778. The fourth-order valence-corrected chi connectivity index (χ4v) is 0.825. The van der Waals surface area contributed by atoms with Gasteiger partial charge in [-0.3, -0.25) is 9.59 Å². The number of rotatable bonds is 3. The SMILES string of the molecule is CC(=O)OCC(=O)CC(C)(C)C. The zero-order valence-electron chi connectivity index (χ0n) is 8.14. The van der Waals surface area contributed by atoms with Crippen molar-refractivity contribution < 1.29 is 14.3 Å². The topological polar surface area (TPSA) is 43.4 Å². The van der Waals surface area contributed by atoms with E-state index in [2.05, 4.69) is 4.74 Å². The Morgan fingerprint density at radius 2 is 1.75 bits per heavy atom.